The second-order valence-electron chi connectivity index (χ2n) is 2.23. The maximum Gasteiger partial charge on any atom is 0.118 e. The summed E-state index contributed by atoms with van der Waals surface area (Å²) in [5, 5.41) is 0. The van der Waals surface area contributed by atoms with Crippen molar-refractivity contribution in [3.8, 4) is 17.6 Å². The number of hydrogen-bond donors (Lipinski definition) is 1. The number of halogens is 1. The van der Waals surface area contributed by atoms with E-state index in [0.29, 0.717) is 6.54 Å². The SMILES string of the molecule is COc1ccc(C#CCN)cc1.Cl. The van der Waals surface area contributed by atoms with Crippen LogP contribution in [0.5, 0.6) is 5.75 Å². The van der Waals surface area contributed by atoms with Gasteiger partial charge in [-0.05, 0) is 24.3 Å². The van der Waals surface area contributed by atoms with Crippen molar-refractivity contribution in [2.24, 2.45) is 5.73 Å². The second-order valence-corrected chi connectivity index (χ2v) is 2.23. The zero-order valence-corrected chi connectivity index (χ0v) is 8.23. The molecule has 0 aromatic heterocycles. The van der Waals surface area contributed by atoms with Gasteiger partial charge in [0, 0.05) is 5.56 Å². The van der Waals surface area contributed by atoms with Gasteiger partial charge in [0.15, 0.2) is 0 Å². The van der Waals surface area contributed by atoms with Crippen LogP contribution in [0.25, 0.3) is 0 Å². The van der Waals surface area contributed by atoms with Crippen molar-refractivity contribution < 1.29 is 4.74 Å². The lowest BCUT2D eigenvalue weighted by Gasteiger charge is -1.97. The average molecular weight is 198 g/mol. The summed E-state index contributed by atoms with van der Waals surface area (Å²) in [6, 6.07) is 7.56. The highest BCUT2D eigenvalue weighted by atomic mass is 35.5. The van der Waals surface area contributed by atoms with Gasteiger partial charge in [-0.25, -0.2) is 0 Å². The Bertz CT molecular complexity index is 297. The Balaban J connectivity index is 0.00000144. The Kier molecular flexibility index (Phi) is 5.79. The Morgan fingerprint density at radius 1 is 1.31 bits per heavy atom. The predicted octanol–water partition coefficient (Wildman–Crippen LogP) is 1.43. The van der Waals surface area contributed by atoms with E-state index in [4.69, 9.17) is 10.5 Å². The smallest absolute Gasteiger partial charge is 0.118 e. The number of benzene rings is 1. The molecule has 0 amide bonds. The molecule has 0 aliphatic carbocycles. The Labute approximate surface area is 84.5 Å². The van der Waals surface area contributed by atoms with E-state index < -0.39 is 0 Å². The molecule has 0 unspecified atom stereocenters. The topological polar surface area (TPSA) is 35.2 Å². The maximum absolute atomic E-state index is 5.23. The van der Waals surface area contributed by atoms with Gasteiger partial charge >= 0.3 is 0 Å². The molecule has 0 radical (unpaired) electrons. The molecule has 0 aliphatic rings. The Hall–Kier alpha value is -1.17. The number of hydrogen-bond acceptors (Lipinski definition) is 2. The van der Waals surface area contributed by atoms with Gasteiger partial charge in [0.2, 0.25) is 0 Å². The second kappa shape index (κ2) is 6.36. The number of nitrogens with two attached hydrogens (primary N) is 1. The van der Waals surface area contributed by atoms with Gasteiger partial charge in [0.05, 0.1) is 13.7 Å². The fourth-order valence-corrected chi connectivity index (χ4v) is 0.827. The minimum Gasteiger partial charge on any atom is -0.497 e. The van der Waals surface area contributed by atoms with E-state index in [0.717, 1.165) is 11.3 Å². The molecule has 3 heteroatoms. The van der Waals surface area contributed by atoms with Crippen LogP contribution in [-0.2, 0) is 0 Å². The van der Waals surface area contributed by atoms with Crippen molar-refractivity contribution in [3.63, 3.8) is 0 Å². The fourth-order valence-electron chi connectivity index (χ4n) is 0.827. The number of rotatable bonds is 1. The summed E-state index contributed by atoms with van der Waals surface area (Å²) in [4.78, 5) is 0. The predicted molar refractivity (Wildman–Crippen MR) is 56.2 cm³/mol. The molecule has 0 atom stereocenters. The van der Waals surface area contributed by atoms with E-state index in [1.54, 1.807) is 7.11 Å². The first-order chi connectivity index (χ1) is 5.86. The Morgan fingerprint density at radius 2 is 1.92 bits per heavy atom. The highest BCUT2D eigenvalue weighted by Crippen LogP contribution is 2.09. The standard InChI is InChI=1S/C10H11NO.ClH/c1-12-10-6-4-9(5-7-10)3-2-8-11;/h4-7H,8,11H2,1H3;1H. The average Bonchev–Trinajstić information content (AvgIpc) is 2.15. The van der Waals surface area contributed by atoms with E-state index in [2.05, 4.69) is 11.8 Å². The molecule has 1 rings (SSSR count). The molecule has 0 fully saturated rings. The van der Waals surface area contributed by atoms with Crippen LogP contribution < -0.4 is 10.5 Å². The van der Waals surface area contributed by atoms with Crippen LogP contribution in [0.1, 0.15) is 5.56 Å². The van der Waals surface area contributed by atoms with Crippen LogP contribution in [0.4, 0.5) is 0 Å². The first kappa shape index (κ1) is 11.8. The van der Waals surface area contributed by atoms with Crippen LogP contribution in [0, 0.1) is 11.8 Å². The molecular weight excluding hydrogens is 186 g/mol. The summed E-state index contributed by atoms with van der Waals surface area (Å²) in [5.41, 5.74) is 6.19. The number of methoxy groups -OCH3 is 1. The van der Waals surface area contributed by atoms with Crippen LogP contribution in [0.3, 0.4) is 0 Å². The van der Waals surface area contributed by atoms with E-state index >= 15 is 0 Å². The molecule has 0 bridgehead atoms. The Morgan fingerprint density at radius 3 is 2.38 bits per heavy atom. The lowest BCUT2D eigenvalue weighted by molar-refractivity contribution is 0.415. The third-order valence-electron chi connectivity index (χ3n) is 1.42. The lowest BCUT2D eigenvalue weighted by Crippen LogP contribution is -1.92. The largest absolute Gasteiger partial charge is 0.497 e. The van der Waals surface area contributed by atoms with Crippen LogP contribution in [0.15, 0.2) is 24.3 Å². The van der Waals surface area contributed by atoms with Crippen molar-refractivity contribution in [1.82, 2.24) is 0 Å². The van der Waals surface area contributed by atoms with Crippen molar-refractivity contribution in [3.05, 3.63) is 29.8 Å². The molecule has 13 heavy (non-hydrogen) atoms. The first-order valence-corrected chi connectivity index (χ1v) is 3.70. The normalized spacial score (nSPS) is 7.85. The van der Waals surface area contributed by atoms with Gasteiger partial charge in [0.25, 0.3) is 0 Å². The summed E-state index contributed by atoms with van der Waals surface area (Å²) in [5.74, 6) is 6.55. The molecule has 0 saturated heterocycles. The van der Waals surface area contributed by atoms with Gasteiger partial charge in [-0.15, -0.1) is 12.4 Å². The molecule has 1 aromatic carbocycles. The van der Waals surface area contributed by atoms with Crippen molar-refractivity contribution in [2.75, 3.05) is 13.7 Å². The summed E-state index contributed by atoms with van der Waals surface area (Å²) in [6.07, 6.45) is 0. The maximum atomic E-state index is 5.23. The molecule has 70 valence electrons. The molecule has 0 spiro atoms. The zero-order chi connectivity index (χ0) is 8.81. The summed E-state index contributed by atoms with van der Waals surface area (Å²) in [7, 11) is 1.64. The molecular formula is C10H12ClNO. The quantitative estimate of drug-likeness (QED) is 0.692. The molecule has 0 saturated carbocycles. The molecule has 2 nitrogen and oxygen atoms in total. The van der Waals surface area contributed by atoms with E-state index in [1.807, 2.05) is 24.3 Å². The van der Waals surface area contributed by atoms with Crippen LogP contribution >= 0.6 is 12.4 Å². The third-order valence-corrected chi connectivity index (χ3v) is 1.42. The van der Waals surface area contributed by atoms with E-state index in [-0.39, 0.29) is 12.4 Å². The first-order valence-electron chi connectivity index (χ1n) is 3.70. The van der Waals surface area contributed by atoms with Gasteiger partial charge in [-0.2, -0.15) is 0 Å². The van der Waals surface area contributed by atoms with Gasteiger partial charge in [-0.3, -0.25) is 0 Å². The molecule has 1 aromatic rings. The molecule has 0 aliphatic heterocycles. The monoisotopic (exact) mass is 197 g/mol. The van der Waals surface area contributed by atoms with Crippen molar-refractivity contribution >= 4 is 12.4 Å². The minimum absolute atomic E-state index is 0. The molecule has 2 N–H and O–H groups in total. The van der Waals surface area contributed by atoms with Gasteiger partial charge in [0.1, 0.15) is 5.75 Å². The zero-order valence-electron chi connectivity index (χ0n) is 7.41. The van der Waals surface area contributed by atoms with E-state index in [9.17, 15) is 0 Å². The van der Waals surface area contributed by atoms with E-state index in [1.165, 1.54) is 0 Å². The van der Waals surface area contributed by atoms with Crippen LogP contribution in [0.2, 0.25) is 0 Å². The van der Waals surface area contributed by atoms with Gasteiger partial charge < -0.3 is 10.5 Å². The summed E-state index contributed by atoms with van der Waals surface area (Å²) in [6.45, 7) is 0.395. The highest BCUT2D eigenvalue weighted by Gasteiger charge is 1.88. The van der Waals surface area contributed by atoms with Gasteiger partial charge in [-0.1, -0.05) is 11.8 Å². The molecule has 0 heterocycles. The minimum atomic E-state index is 0. The summed E-state index contributed by atoms with van der Waals surface area (Å²) >= 11 is 0. The lowest BCUT2D eigenvalue weighted by atomic mass is 10.2. The third kappa shape index (κ3) is 3.84. The fraction of sp³-hybridized carbons (Fsp3) is 0.200. The number of ether oxygens (including phenoxy) is 1. The van der Waals surface area contributed by atoms with Crippen LogP contribution in [-0.4, -0.2) is 13.7 Å². The van der Waals surface area contributed by atoms with Crippen molar-refractivity contribution in [2.45, 2.75) is 0 Å². The summed E-state index contributed by atoms with van der Waals surface area (Å²) < 4.78 is 5.00. The highest BCUT2D eigenvalue weighted by molar-refractivity contribution is 5.85. The van der Waals surface area contributed by atoms with Crippen molar-refractivity contribution in [1.29, 1.82) is 0 Å².